The Morgan fingerprint density at radius 1 is 1.26 bits per heavy atom. The zero-order chi connectivity index (χ0) is 14.7. The van der Waals surface area contributed by atoms with E-state index in [2.05, 4.69) is 0 Å². The molecule has 1 N–H and O–H groups in total. The highest BCUT2D eigenvalue weighted by molar-refractivity contribution is 5.89. The van der Waals surface area contributed by atoms with E-state index >= 15 is 0 Å². The van der Waals surface area contributed by atoms with Gasteiger partial charge in [-0.15, -0.1) is 0 Å². The van der Waals surface area contributed by atoms with E-state index in [9.17, 15) is 9.90 Å². The second kappa shape index (κ2) is 5.41. The van der Waals surface area contributed by atoms with E-state index in [-0.39, 0.29) is 6.61 Å². The highest BCUT2D eigenvalue weighted by Crippen LogP contribution is 2.30. The first kappa shape index (κ1) is 15.2. The topological polar surface area (TPSA) is 70.3 Å². The molecule has 0 aliphatic rings. The third-order valence-corrected chi connectivity index (χ3v) is 3.35. The molecule has 4 heteroatoms. The van der Waals surface area contributed by atoms with Crippen LogP contribution in [-0.2, 0) is 4.74 Å². The lowest BCUT2D eigenvalue weighted by Crippen LogP contribution is -2.44. The van der Waals surface area contributed by atoms with Crippen molar-refractivity contribution in [3.05, 3.63) is 35.4 Å². The van der Waals surface area contributed by atoms with Crippen LogP contribution in [0, 0.1) is 16.7 Å². The fourth-order valence-electron chi connectivity index (χ4n) is 1.19. The molecule has 102 valence electrons. The van der Waals surface area contributed by atoms with Gasteiger partial charge in [-0.1, -0.05) is 20.8 Å². The van der Waals surface area contributed by atoms with E-state index in [1.54, 1.807) is 19.1 Å². The molecule has 0 amide bonds. The average molecular weight is 261 g/mol. The van der Waals surface area contributed by atoms with Gasteiger partial charge >= 0.3 is 5.97 Å². The van der Waals surface area contributed by atoms with E-state index < -0.39 is 17.0 Å². The predicted molar refractivity (Wildman–Crippen MR) is 71.5 cm³/mol. The standard InChI is InChI=1S/C15H19NO3/c1-14(2,3)15(4,18)10-19-13(17)12-7-5-11(9-16)6-8-12/h5-8,18H,10H2,1-4H3. The third kappa shape index (κ3) is 3.80. The molecule has 1 unspecified atom stereocenters. The first-order chi connectivity index (χ1) is 8.67. The Hall–Kier alpha value is -1.86. The van der Waals surface area contributed by atoms with Crippen LogP contribution in [0.2, 0.25) is 0 Å². The van der Waals surface area contributed by atoms with Gasteiger partial charge in [0.2, 0.25) is 0 Å². The number of ether oxygens (including phenoxy) is 1. The van der Waals surface area contributed by atoms with Crippen LogP contribution >= 0.6 is 0 Å². The van der Waals surface area contributed by atoms with Gasteiger partial charge in [0.15, 0.2) is 0 Å². The minimum Gasteiger partial charge on any atom is -0.459 e. The molecule has 0 saturated heterocycles. The molecule has 0 aliphatic heterocycles. The zero-order valence-electron chi connectivity index (χ0n) is 11.7. The Kier molecular flexibility index (Phi) is 4.33. The summed E-state index contributed by atoms with van der Waals surface area (Å²) < 4.78 is 5.12. The summed E-state index contributed by atoms with van der Waals surface area (Å²) in [6.45, 7) is 7.20. The van der Waals surface area contributed by atoms with Crippen molar-refractivity contribution in [1.82, 2.24) is 0 Å². The zero-order valence-corrected chi connectivity index (χ0v) is 11.7. The fourth-order valence-corrected chi connectivity index (χ4v) is 1.19. The third-order valence-electron chi connectivity index (χ3n) is 3.35. The van der Waals surface area contributed by atoms with E-state index in [1.165, 1.54) is 12.1 Å². The van der Waals surface area contributed by atoms with Gasteiger partial charge in [-0.05, 0) is 36.6 Å². The van der Waals surface area contributed by atoms with Crippen molar-refractivity contribution >= 4 is 5.97 Å². The number of benzene rings is 1. The summed E-state index contributed by atoms with van der Waals surface area (Å²) in [7, 11) is 0. The second-order valence-corrected chi connectivity index (χ2v) is 5.79. The summed E-state index contributed by atoms with van der Waals surface area (Å²) in [4.78, 5) is 11.8. The Labute approximate surface area is 113 Å². The second-order valence-electron chi connectivity index (χ2n) is 5.79. The first-order valence-corrected chi connectivity index (χ1v) is 6.07. The smallest absolute Gasteiger partial charge is 0.338 e. The van der Waals surface area contributed by atoms with Gasteiger partial charge in [-0.3, -0.25) is 0 Å². The molecule has 0 radical (unpaired) electrons. The van der Waals surface area contributed by atoms with Gasteiger partial charge in [0.05, 0.1) is 17.2 Å². The van der Waals surface area contributed by atoms with Gasteiger partial charge in [0, 0.05) is 0 Å². The van der Waals surface area contributed by atoms with Gasteiger partial charge < -0.3 is 9.84 Å². The highest BCUT2D eigenvalue weighted by Gasteiger charge is 2.36. The average Bonchev–Trinajstić information content (AvgIpc) is 2.35. The monoisotopic (exact) mass is 261 g/mol. The van der Waals surface area contributed by atoms with Gasteiger partial charge in [0.1, 0.15) is 12.2 Å². The Bertz CT molecular complexity index is 490. The van der Waals surface area contributed by atoms with Crippen LogP contribution in [0.1, 0.15) is 43.6 Å². The number of esters is 1. The maximum atomic E-state index is 11.8. The molecule has 1 rings (SSSR count). The number of carbonyl (C=O) groups excluding carboxylic acids is 1. The van der Waals surface area contributed by atoms with Crippen LogP contribution in [-0.4, -0.2) is 23.3 Å². The van der Waals surface area contributed by atoms with Crippen molar-refractivity contribution in [2.24, 2.45) is 5.41 Å². The number of nitriles is 1. The molecule has 0 aliphatic carbocycles. The molecule has 19 heavy (non-hydrogen) atoms. The molecule has 0 heterocycles. The summed E-state index contributed by atoms with van der Waals surface area (Å²) >= 11 is 0. The van der Waals surface area contributed by atoms with Crippen LogP contribution in [0.4, 0.5) is 0 Å². The van der Waals surface area contributed by atoms with Crippen LogP contribution in [0.25, 0.3) is 0 Å². The molecule has 0 bridgehead atoms. The lowest BCUT2D eigenvalue weighted by molar-refractivity contribution is -0.0858. The summed E-state index contributed by atoms with van der Waals surface area (Å²) in [5.41, 5.74) is -0.644. The van der Waals surface area contributed by atoms with Crippen LogP contribution in [0.5, 0.6) is 0 Å². The largest absolute Gasteiger partial charge is 0.459 e. The maximum Gasteiger partial charge on any atom is 0.338 e. The lowest BCUT2D eigenvalue weighted by Gasteiger charge is -2.36. The Morgan fingerprint density at radius 2 is 1.79 bits per heavy atom. The van der Waals surface area contributed by atoms with Gasteiger partial charge in [-0.2, -0.15) is 5.26 Å². The Balaban J connectivity index is 2.68. The molecule has 0 spiro atoms. The van der Waals surface area contributed by atoms with Crippen molar-refractivity contribution in [1.29, 1.82) is 5.26 Å². The van der Waals surface area contributed by atoms with Crippen molar-refractivity contribution < 1.29 is 14.6 Å². The van der Waals surface area contributed by atoms with E-state index in [0.717, 1.165) is 0 Å². The molecule has 4 nitrogen and oxygen atoms in total. The number of rotatable bonds is 3. The molecule has 0 saturated carbocycles. The molecular formula is C15H19NO3. The van der Waals surface area contributed by atoms with Crippen molar-refractivity contribution in [3.8, 4) is 6.07 Å². The van der Waals surface area contributed by atoms with Gasteiger partial charge in [0.25, 0.3) is 0 Å². The number of hydrogen-bond acceptors (Lipinski definition) is 4. The minimum absolute atomic E-state index is 0.0741. The van der Waals surface area contributed by atoms with Crippen LogP contribution < -0.4 is 0 Å². The molecule has 0 fully saturated rings. The summed E-state index contributed by atoms with van der Waals surface area (Å²) in [5, 5.41) is 18.9. The van der Waals surface area contributed by atoms with Crippen LogP contribution in [0.15, 0.2) is 24.3 Å². The quantitative estimate of drug-likeness (QED) is 0.849. The Morgan fingerprint density at radius 3 is 2.21 bits per heavy atom. The number of nitrogens with zero attached hydrogens (tertiary/aromatic N) is 1. The normalized spacial score (nSPS) is 14.3. The molecular weight excluding hydrogens is 242 g/mol. The van der Waals surface area contributed by atoms with Crippen molar-refractivity contribution in [3.63, 3.8) is 0 Å². The lowest BCUT2D eigenvalue weighted by atomic mass is 9.78. The molecule has 1 atom stereocenters. The summed E-state index contributed by atoms with van der Waals surface area (Å²) in [5.74, 6) is -0.506. The fraction of sp³-hybridized carbons (Fsp3) is 0.467. The van der Waals surface area contributed by atoms with E-state index in [1.807, 2.05) is 26.8 Å². The van der Waals surface area contributed by atoms with Gasteiger partial charge in [-0.25, -0.2) is 4.79 Å². The molecule has 1 aromatic carbocycles. The molecule has 1 aromatic rings. The van der Waals surface area contributed by atoms with E-state index in [4.69, 9.17) is 10.00 Å². The summed E-state index contributed by atoms with van der Waals surface area (Å²) in [6, 6.07) is 8.15. The number of carbonyl (C=O) groups is 1. The first-order valence-electron chi connectivity index (χ1n) is 6.07. The number of aliphatic hydroxyl groups is 1. The highest BCUT2D eigenvalue weighted by atomic mass is 16.5. The predicted octanol–water partition coefficient (Wildman–Crippen LogP) is 2.51. The SMILES string of the molecule is CC(C)(C)C(C)(O)COC(=O)c1ccc(C#N)cc1. The number of hydrogen-bond donors (Lipinski definition) is 1. The van der Waals surface area contributed by atoms with Crippen LogP contribution in [0.3, 0.4) is 0 Å². The van der Waals surface area contributed by atoms with E-state index in [0.29, 0.717) is 11.1 Å². The minimum atomic E-state index is -1.10. The maximum absolute atomic E-state index is 11.8. The summed E-state index contributed by atoms with van der Waals surface area (Å²) in [6.07, 6.45) is 0. The van der Waals surface area contributed by atoms with Crippen molar-refractivity contribution in [2.75, 3.05) is 6.61 Å². The van der Waals surface area contributed by atoms with Crippen molar-refractivity contribution in [2.45, 2.75) is 33.3 Å². The molecule has 0 aromatic heterocycles.